The van der Waals surface area contributed by atoms with Crippen LogP contribution in [0.5, 0.6) is 0 Å². The van der Waals surface area contributed by atoms with Crippen LogP contribution in [0.4, 0.5) is 0 Å². The summed E-state index contributed by atoms with van der Waals surface area (Å²) in [6.07, 6.45) is 8.56. The predicted molar refractivity (Wildman–Crippen MR) is 74.7 cm³/mol. The monoisotopic (exact) mass is 275 g/mol. The van der Waals surface area contributed by atoms with Gasteiger partial charge in [0.2, 0.25) is 0 Å². The first-order chi connectivity index (χ1) is 6.38. The summed E-state index contributed by atoms with van der Waals surface area (Å²) < 4.78 is 0. The summed E-state index contributed by atoms with van der Waals surface area (Å²) in [5, 5.41) is 0. The highest BCUT2D eigenvalue weighted by molar-refractivity contribution is 8.93. The minimum atomic E-state index is 0. The van der Waals surface area contributed by atoms with Gasteiger partial charge >= 0.3 is 0 Å². The van der Waals surface area contributed by atoms with E-state index in [0.29, 0.717) is 0 Å². The van der Waals surface area contributed by atoms with E-state index in [1.807, 2.05) is 0 Å². The lowest BCUT2D eigenvalue weighted by molar-refractivity contribution is 0.364. The predicted octanol–water partition coefficient (Wildman–Crippen LogP) is 4.55. The smallest absolute Gasteiger partial charge is 0.0560 e. The highest BCUT2D eigenvalue weighted by Gasteiger charge is 2.10. The molecular formula is C13H26BrN. The Bertz CT molecular complexity index is 205. The van der Waals surface area contributed by atoms with Crippen LogP contribution in [0.25, 0.3) is 0 Å². The summed E-state index contributed by atoms with van der Waals surface area (Å²) in [5.41, 5.74) is 4.86. The molecule has 1 rings (SSSR count). The lowest BCUT2D eigenvalue weighted by Gasteiger charge is -2.21. The van der Waals surface area contributed by atoms with Crippen LogP contribution >= 0.6 is 17.0 Å². The van der Waals surface area contributed by atoms with E-state index in [1.54, 1.807) is 0 Å². The molecule has 0 aromatic carbocycles. The molecule has 0 spiro atoms. The molecule has 1 aliphatic heterocycles. The zero-order valence-electron chi connectivity index (χ0n) is 9.38. The average Bonchev–Trinajstić information content (AvgIpc) is 2.39. The van der Waals surface area contributed by atoms with Crippen LogP contribution in [-0.4, -0.2) is 18.0 Å². The van der Waals surface area contributed by atoms with Crippen molar-refractivity contribution in [2.24, 2.45) is 0 Å². The van der Waals surface area contributed by atoms with Gasteiger partial charge in [0.25, 0.3) is 0 Å². The molecule has 90 valence electrons. The van der Waals surface area contributed by atoms with Crippen LogP contribution < -0.4 is 0 Å². The van der Waals surface area contributed by atoms with Gasteiger partial charge in [0.15, 0.2) is 0 Å². The fraction of sp³-hybridized carbons (Fsp3) is 0.769. The van der Waals surface area contributed by atoms with Crippen LogP contribution in [0.3, 0.4) is 0 Å². The number of rotatable bonds is 2. The Hall–Kier alpha value is -0.200. The second-order valence-corrected chi connectivity index (χ2v) is 3.59. The topological polar surface area (TPSA) is 3.24 Å². The molecule has 0 aliphatic carbocycles. The molecular weight excluding hydrogens is 250 g/mol. The van der Waals surface area contributed by atoms with Gasteiger partial charge in [-0.1, -0.05) is 20.8 Å². The molecule has 1 nitrogen and oxygen atoms in total. The van der Waals surface area contributed by atoms with E-state index in [4.69, 9.17) is 0 Å². The molecule has 2 heteroatoms. The van der Waals surface area contributed by atoms with Gasteiger partial charge in [-0.15, -0.1) is 22.7 Å². The second kappa shape index (κ2) is 10.3. The highest BCUT2D eigenvalue weighted by Crippen LogP contribution is 2.18. The average molecular weight is 276 g/mol. The van der Waals surface area contributed by atoms with Crippen molar-refractivity contribution in [3.8, 4) is 0 Å². The summed E-state index contributed by atoms with van der Waals surface area (Å²) >= 11 is 0. The van der Waals surface area contributed by atoms with Crippen molar-refractivity contribution >= 4 is 17.0 Å². The maximum Gasteiger partial charge on any atom is 0.0560 e. The molecule has 0 aromatic heterocycles. The summed E-state index contributed by atoms with van der Waals surface area (Å²) in [5.74, 6) is 0. The fourth-order valence-electron chi connectivity index (χ4n) is 1.80. The van der Waals surface area contributed by atoms with Crippen molar-refractivity contribution in [3.05, 3.63) is 17.5 Å². The third-order valence-corrected chi connectivity index (χ3v) is 2.58. The minimum absolute atomic E-state index is 0. The van der Waals surface area contributed by atoms with E-state index in [2.05, 4.69) is 30.6 Å². The van der Waals surface area contributed by atoms with Crippen LogP contribution in [-0.2, 0) is 0 Å². The standard InChI is InChI=1S/C12H21N.CH4.BrH/c1-3-5-9-12-10-7-6-8-11-13(12)4-2;;/h5H,3-4,6-8,10-11H2,1-2H3;1H4;1H. The Morgan fingerprint density at radius 1 is 1.27 bits per heavy atom. The first-order valence-corrected chi connectivity index (χ1v) is 5.57. The third kappa shape index (κ3) is 6.06. The number of allylic oxidation sites excluding steroid dienone is 1. The normalized spacial score (nSPS) is 15.6. The van der Waals surface area contributed by atoms with Crippen molar-refractivity contribution < 1.29 is 0 Å². The molecule has 1 fully saturated rings. The number of hydrogen-bond donors (Lipinski definition) is 0. The Balaban J connectivity index is 0. The molecule has 0 aromatic rings. The second-order valence-electron chi connectivity index (χ2n) is 3.59. The van der Waals surface area contributed by atoms with Gasteiger partial charge in [-0.2, -0.15) is 0 Å². The van der Waals surface area contributed by atoms with Gasteiger partial charge in [0, 0.05) is 13.1 Å². The zero-order chi connectivity index (χ0) is 9.52. The Kier molecular flexibility index (Phi) is 11.8. The van der Waals surface area contributed by atoms with Gasteiger partial charge in [-0.05, 0) is 38.7 Å². The molecule has 1 heterocycles. The molecule has 0 amide bonds. The van der Waals surface area contributed by atoms with Gasteiger partial charge in [-0.3, -0.25) is 0 Å². The van der Waals surface area contributed by atoms with Gasteiger partial charge < -0.3 is 4.90 Å². The lowest BCUT2D eigenvalue weighted by atomic mass is 10.2. The van der Waals surface area contributed by atoms with Gasteiger partial charge in [-0.25, -0.2) is 0 Å². The van der Waals surface area contributed by atoms with Crippen LogP contribution in [0.1, 0.15) is 53.4 Å². The largest absolute Gasteiger partial charge is 0.369 e. The van der Waals surface area contributed by atoms with E-state index in [9.17, 15) is 0 Å². The zero-order valence-corrected chi connectivity index (χ0v) is 11.1. The summed E-state index contributed by atoms with van der Waals surface area (Å²) in [7, 11) is 0. The van der Waals surface area contributed by atoms with Gasteiger partial charge in [0.05, 0.1) is 5.70 Å². The van der Waals surface area contributed by atoms with E-state index >= 15 is 0 Å². The molecule has 0 radical (unpaired) electrons. The van der Waals surface area contributed by atoms with Crippen LogP contribution in [0.2, 0.25) is 0 Å². The van der Waals surface area contributed by atoms with Crippen LogP contribution in [0, 0.1) is 0 Å². The minimum Gasteiger partial charge on any atom is -0.369 e. The highest BCUT2D eigenvalue weighted by atomic mass is 79.9. The summed E-state index contributed by atoms with van der Waals surface area (Å²) in [6, 6.07) is 0. The van der Waals surface area contributed by atoms with Crippen molar-refractivity contribution in [2.75, 3.05) is 13.1 Å². The van der Waals surface area contributed by atoms with E-state index in [-0.39, 0.29) is 24.4 Å². The van der Waals surface area contributed by atoms with E-state index < -0.39 is 0 Å². The molecule has 0 atom stereocenters. The number of hydrogen-bond acceptors (Lipinski definition) is 1. The van der Waals surface area contributed by atoms with Crippen molar-refractivity contribution in [1.82, 2.24) is 4.90 Å². The first kappa shape index (κ1) is 17.2. The summed E-state index contributed by atoms with van der Waals surface area (Å²) in [4.78, 5) is 2.47. The van der Waals surface area contributed by atoms with Crippen LogP contribution in [0.15, 0.2) is 17.5 Å². The number of likely N-dealkylation sites (tertiary alicyclic amines) is 1. The SMILES string of the molecule is Br.C.CCC=C=C1CCCCCN1CC. The molecule has 0 unspecified atom stereocenters. The van der Waals surface area contributed by atoms with Crippen molar-refractivity contribution in [1.29, 1.82) is 0 Å². The number of nitrogens with zero attached hydrogens (tertiary/aromatic N) is 1. The molecule has 1 saturated heterocycles. The molecule has 0 bridgehead atoms. The number of halogens is 1. The maximum absolute atomic E-state index is 3.43. The Morgan fingerprint density at radius 2 is 2.00 bits per heavy atom. The molecule has 15 heavy (non-hydrogen) atoms. The Morgan fingerprint density at radius 3 is 2.60 bits per heavy atom. The van der Waals surface area contributed by atoms with Gasteiger partial charge in [0.1, 0.15) is 0 Å². The summed E-state index contributed by atoms with van der Waals surface area (Å²) in [6.45, 7) is 6.77. The molecule has 0 saturated carbocycles. The maximum atomic E-state index is 3.43. The third-order valence-electron chi connectivity index (χ3n) is 2.58. The van der Waals surface area contributed by atoms with Crippen molar-refractivity contribution in [3.63, 3.8) is 0 Å². The lowest BCUT2D eigenvalue weighted by Crippen LogP contribution is -2.21. The Labute approximate surface area is 106 Å². The molecule has 1 aliphatic rings. The van der Waals surface area contributed by atoms with E-state index in [1.165, 1.54) is 37.9 Å². The fourth-order valence-corrected chi connectivity index (χ4v) is 1.80. The van der Waals surface area contributed by atoms with E-state index in [0.717, 1.165) is 13.0 Å². The molecule has 0 N–H and O–H groups in total. The quantitative estimate of drug-likeness (QED) is 0.669. The first-order valence-electron chi connectivity index (χ1n) is 5.57. The van der Waals surface area contributed by atoms with Crippen molar-refractivity contribution in [2.45, 2.75) is 53.4 Å².